The molecule has 0 spiro atoms. The van der Waals surface area contributed by atoms with Crippen molar-refractivity contribution >= 4 is 5.91 Å². The molecule has 1 amide bonds. The van der Waals surface area contributed by atoms with Gasteiger partial charge in [0.05, 0.1) is 0 Å². The van der Waals surface area contributed by atoms with Gasteiger partial charge in [-0.3, -0.25) is 9.89 Å². The summed E-state index contributed by atoms with van der Waals surface area (Å²) in [6.45, 7) is 1.54. The number of carbonyl (C=O) groups is 1. The van der Waals surface area contributed by atoms with Crippen molar-refractivity contribution in [3.05, 3.63) is 84.5 Å². The standard InChI is InChI=1S/C26H26N4O2/c31-24(30-17-7-12-21(18-30)22-15-16-27-29-22)14-13-23-28-25(19-8-3-1-4-9-19)26(32-23)20-10-5-2-6-11-20/h1-6,8-11,15-16,21H,7,12-14,17-18H2,(H,27,29). The lowest BCUT2D eigenvalue weighted by atomic mass is 9.94. The second-order valence-corrected chi connectivity index (χ2v) is 8.21. The molecular formula is C26H26N4O2. The molecule has 6 nitrogen and oxygen atoms in total. The average Bonchev–Trinajstić information content (AvgIpc) is 3.54. The minimum absolute atomic E-state index is 0.148. The van der Waals surface area contributed by atoms with E-state index < -0.39 is 0 Å². The van der Waals surface area contributed by atoms with E-state index in [0.717, 1.165) is 54.2 Å². The number of piperidine rings is 1. The molecule has 6 heteroatoms. The van der Waals surface area contributed by atoms with Crippen molar-refractivity contribution in [2.45, 2.75) is 31.6 Å². The molecule has 2 aromatic heterocycles. The lowest BCUT2D eigenvalue weighted by molar-refractivity contribution is -0.132. The van der Waals surface area contributed by atoms with Gasteiger partial charge in [-0.25, -0.2) is 4.98 Å². The molecule has 1 aliphatic rings. The van der Waals surface area contributed by atoms with Gasteiger partial charge in [0.25, 0.3) is 0 Å². The number of rotatable bonds is 6. The molecule has 3 heterocycles. The third-order valence-electron chi connectivity index (χ3n) is 6.04. The molecule has 1 atom stereocenters. The maximum Gasteiger partial charge on any atom is 0.223 e. The first-order chi connectivity index (χ1) is 15.8. The van der Waals surface area contributed by atoms with E-state index in [0.29, 0.717) is 24.7 Å². The van der Waals surface area contributed by atoms with E-state index in [9.17, 15) is 4.79 Å². The highest BCUT2D eigenvalue weighted by Crippen LogP contribution is 2.33. The van der Waals surface area contributed by atoms with E-state index in [1.807, 2.05) is 71.6 Å². The summed E-state index contributed by atoms with van der Waals surface area (Å²) in [5.41, 5.74) is 3.91. The summed E-state index contributed by atoms with van der Waals surface area (Å²) < 4.78 is 6.18. The Morgan fingerprint density at radius 1 is 1.03 bits per heavy atom. The van der Waals surface area contributed by atoms with Crippen molar-refractivity contribution in [1.82, 2.24) is 20.1 Å². The molecule has 5 rings (SSSR count). The second-order valence-electron chi connectivity index (χ2n) is 8.21. The highest BCUT2D eigenvalue weighted by molar-refractivity contribution is 5.78. The quantitative estimate of drug-likeness (QED) is 0.467. The first-order valence-electron chi connectivity index (χ1n) is 11.2. The Morgan fingerprint density at radius 2 is 1.78 bits per heavy atom. The van der Waals surface area contributed by atoms with Crippen LogP contribution in [0.15, 0.2) is 77.3 Å². The fraction of sp³-hybridized carbons (Fsp3) is 0.269. The van der Waals surface area contributed by atoms with E-state index in [1.165, 1.54) is 0 Å². The van der Waals surface area contributed by atoms with Crippen molar-refractivity contribution in [1.29, 1.82) is 0 Å². The van der Waals surface area contributed by atoms with Crippen molar-refractivity contribution < 1.29 is 9.21 Å². The van der Waals surface area contributed by atoms with Gasteiger partial charge in [0.1, 0.15) is 5.69 Å². The van der Waals surface area contributed by atoms with Crippen LogP contribution in [-0.2, 0) is 11.2 Å². The van der Waals surface area contributed by atoms with Crippen molar-refractivity contribution in [3.8, 4) is 22.6 Å². The number of hydrogen-bond donors (Lipinski definition) is 1. The van der Waals surface area contributed by atoms with Crippen LogP contribution in [0.5, 0.6) is 0 Å². The van der Waals surface area contributed by atoms with Gasteiger partial charge in [0, 0.05) is 54.9 Å². The number of aromatic amines is 1. The third kappa shape index (κ3) is 4.35. The van der Waals surface area contributed by atoms with Gasteiger partial charge in [-0.1, -0.05) is 60.7 Å². The molecule has 0 saturated carbocycles. The summed E-state index contributed by atoms with van der Waals surface area (Å²) in [6.07, 6.45) is 4.72. The number of likely N-dealkylation sites (tertiary alicyclic amines) is 1. The van der Waals surface area contributed by atoms with Crippen LogP contribution in [0, 0.1) is 0 Å². The van der Waals surface area contributed by atoms with Crippen LogP contribution in [0.1, 0.15) is 36.8 Å². The fourth-order valence-corrected chi connectivity index (χ4v) is 4.37. The van der Waals surface area contributed by atoms with Crippen LogP contribution < -0.4 is 0 Å². The van der Waals surface area contributed by atoms with E-state index >= 15 is 0 Å². The Morgan fingerprint density at radius 3 is 2.50 bits per heavy atom. The molecule has 2 aromatic carbocycles. The number of nitrogens with zero attached hydrogens (tertiary/aromatic N) is 3. The molecule has 1 fully saturated rings. The van der Waals surface area contributed by atoms with E-state index in [-0.39, 0.29) is 5.91 Å². The number of nitrogens with one attached hydrogen (secondary N) is 1. The van der Waals surface area contributed by atoms with Crippen molar-refractivity contribution in [3.63, 3.8) is 0 Å². The van der Waals surface area contributed by atoms with Gasteiger partial charge in [-0.05, 0) is 18.9 Å². The molecule has 0 aliphatic carbocycles. The monoisotopic (exact) mass is 426 g/mol. The maximum absolute atomic E-state index is 12.9. The summed E-state index contributed by atoms with van der Waals surface area (Å²) in [5.74, 6) is 1.82. The largest absolute Gasteiger partial charge is 0.440 e. The van der Waals surface area contributed by atoms with Crippen LogP contribution in [-0.4, -0.2) is 39.1 Å². The molecule has 0 bridgehead atoms. The smallest absolute Gasteiger partial charge is 0.223 e. The van der Waals surface area contributed by atoms with Gasteiger partial charge in [0.2, 0.25) is 5.91 Å². The Hall–Kier alpha value is -3.67. The summed E-state index contributed by atoms with van der Waals surface area (Å²) in [6, 6.07) is 22.0. The normalized spacial score (nSPS) is 16.2. The van der Waals surface area contributed by atoms with Crippen LogP contribution in [0.25, 0.3) is 22.6 Å². The molecule has 1 unspecified atom stereocenters. The van der Waals surface area contributed by atoms with Crippen LogP contribution in [0.4, 0.5) is 0 Å². The number of benzene rings is 2. The fourth-order valence-electron chi connectivity index (χ4n) is 4.37. The molecule has 162 valence electrons. The van der Waals surface area contributed by atoms with E-state index in [4.69, 9.17) is 9.40 Å². The summed E-state index contributed by atoms with van der Waals surface area (Å²) >= 11 is 0. The number of oxazole rings is 1. The molecular weight excluding hydrogens is 400 g/mol. The lowest BCUT2D eigenvalue weighted by Gasteiger charge is -2.32. The number of H-pyrrole nitrogens is 1. The molecule has 32 heavy (non-hydrogen) atoms. The third-order valence-corrected chi connectivity index (χ3v) is 6.04. The molecule has 1 aliphatic heterocycles. The van der Waals surface area contributed by atoms with Gasteiger partial charge >= 0.3 is 0 Å². The minimum Gasteiger partial charge on any atom is -0.440 e. The molecule has 1 N–H and O–H groups in total. The van der Waals surface area contributed by atoms with Crippen molar-refractivity contribution in [2.75, 3.05) is 13.1 Å². The van der Waals surface area contributed by atoms with E-state index in [1.54, 1.807) is 6.20 Å². The number of aromatic nitrogens is 3. The zero-order valence-corrected chi connectivity index (χ0v) is 17.9. The molecule has 1 saturated heterocycles. The Kier molecular flexibility index (Phi) is 5.83. The Labute approximate surface area is 187 Å². The highest BCUT2D eigenvalue weighted by atomic mass is 16.4. The zero-order chi connectivity index (χ0) is 21.8. The van der Waals surface area contributed by atoms with Gasteiger partial charge in [-0.15, -0.1) is 0 Å². The lowest BCUT2D eigenvalue weighted by Crippen LogP contribution is -2.39. The SMILES string of the molecule is O=C(CCc1nc(-c2ccccc2)c(-c2ccccc2)o1)N1CCCC(c2ccn[nH]2)C1. The van der Waals surface area contributed by atoms with Crippen LogP contribution in [0.2, 0.25) is 0 Å². The van der Waals surface area contributed by atoms with Crippen molar-refractivity contribution in [2.24, 2.45) is 0 Å². The van der Waals surface area contributed by atoms with Gasteiger partial charge in [0.15, 0.2) is 11.7 Å². The highest BCUT2D eigenvalue weighted by Gasteiger charge is 2.26. The topological polar surface area (TPSA) is 75.0 Å². The summed E-state index contributed by atoms with van der Waals surface area (Å²) in [4.78, 5) is 19.7. The number of hydrogen-bond acceptors (Lipinski definition) is 4. The molecule has 0 radical (unpaired) electrons. The first kappa shape index (κ1) is 20.2. The minimum atomic E-state index is 0.148. The predicted molar refractivity (Wildman–Crippen MR) is 123 cm³/mol. The maximum atomic E-state index is 12.9. The van der Waals surface area contributed by atoms with Crippen LogP contribution in [0.3, 0.4) is 0 Å². The number of aryl methyl sites for hydroxylation is 1. The average molecular weight is 427 g/mol. The Bertz CT molecular complexity index is 1100. The van der Waals surface area contributed by atoms with E-state index in [2.05, 4.69) is 10.2 Å². The first-order valence-corrected chi connectivity index (χ1v) is 11.2. The second kappa shape index (κ2) is 9.22. The molecule has 4 aromatic rings. The number of amides is 1. The number of carbonyl (C=O) groups excluding carboxylic acids is 1. The van der Waals surface area contributed by atoms with Gasteiger partial charge in [-0.2, -0.15) is 5.10 Å². The predicted octanol–water partition coefficient (Wildman–Crippen LogP) is 5.07. The van der Waals surface area contributed by atoms with Gasteiger partial charge < -0.3 is 9.32 Å². The Balaban J connectivity index is 1.31. The van der Waals surface area contributed by atoms with Crippen LogP contribution >= 0.6 is 0 Å². The summed E-state index contributed by atoms with van der Waals surface area (Å²) in [7, 11) is 0. The zero-order valence-electron chi connectivity index (χ0n) is 17.9. The summed E-state index contributed by atoms with van der Waals surface area (Å²) in [5, 5.41) is 7.11.